The van der Waals surface area contributed by atoms with E-state index in [4.69, 9.17) is 4.74 Å². The van der Waals surface area contributed by atoms with Gasteiger partial charge >= 0.3 is 5.97 Å². The lowest BCUT2D eigenvalue weighted by atomic mass is 9.84. The number of hydrogen-bond donors (Lipinski definition) is 1. The summed E-state index contributed by atoms with van der Waals surface area (Å²) in [5, 5.41) is 13.8. The number of rotatable bonds is 2. The Morgan fingerprint density at radius 1 is 1.32 bits per heavy atom. The lowest BCUT2D eigenvalue weighted by Crippen LogP contribution is -2.46. The van der Waals surface area contributed by atoms with Gasteiger partial charge in [-0.25, -0.2) is 9.48 Å². The van der Waals surface area contributed by atoms with Gasteiger partial charge in [0.15, 0.2) is 5.69 Å². The third kappa shape index (κ3) is 1.99. The van der Waals surface area contributed by atoms with Crippen molar-refractivity contribution in [1.29, 1.82) is 0 Å². The van der Waals surface area contributed by atoms with Gasteiger partial charge in [-0.1, -0.05) is 12.8 Å². The molecule has 0 bridgehead atoms. The van der Waals surface area contributed by atoms with E-state index in [0.717, 1.165) is 25.7 Å². The number of ether oxygens (including phenoxy) is 1. The van der Waals surface area contributed by atoms with E-state index < -0.39 is 12.0 Å². The fourth-order valence-electron chi connectivity index (χ4n) is 4.12. The molecule has 2 fully saturated rings. The number of nitrogens with zero attached hydrogens (tertiary/aromatic N) is 3. The normalized spacial score (nSPS) is 29.8. The van der Waals surface area contributed by atoms with Gasteiger partial charge < -0.3 is 14.7 Å². The Morgan fingerprint density at radius 2 is 2.14 bits per heavy atom. The predicted molar refractivity (Wildman–Crippen MR) is 75.7 cm³/mol. The van der Waals surface area contributed by atoms with Crippen LogP contribution in [0.5, 0.6) is 5.88 Å². The summed E-state index contributed by atoms with van der Waals surface area (Å²) in [5.74, 6) is -0.280. The zero-order chi connectivity index (χ0) is 15.3. The number of aliphatic carboxylic acids is 1. The molecule has 3 heterocycles. The van der Waals surface area contributed by atoms with E-state index in [2.05, 4.69) is 5.10 Å². The van der Waals surface area contributed by atoms with E-state index in [1.807, 2.05) is 0 Å². The van der Waals surface area contributed by atoms with Crippen molar-refractivity contribution in [2.45, 2.75) is 50.7 Å². The van der Waals surface area contributed by atoms with Gasteiger partial charge in [-0.2, -0.15) is 5.10 Å². The minimum Gasteiger partial charge on any atom is -0.480 e. The Bertz CT molecular complexity index is 605. The fraction of sp³-hybridized carbons (Fsp3) is 0.667. The summed E-state index contributed by atoms with van der Waals surface area (Å²) in [7, 11) is 0. The van der Waals surface area contributed by atoms with Crippen LogP contribution in [0.25, 0.3) is 0 Å². The molecule has 7 heteroatoms. The van der Waals surface area contributed by atoms with Gasteiger partial charge in [-0.15, -0.1) is 0 Å². The maximum absolute atomic E-state index is 12.9. The summed E-state index contributed by atoms with van der Waals surface area (Å²) in [6, 6.07) is 0.947. The SMILES string of the molecule is O=C(O)[C@@H]1C[C@H]2CCCC[C@H]2N1C(=O)c1cc2n(n1)CCO2. The van der Waals surface area contributed by atoms with Crippen molar-refractivity contribution < 1.29 is 19.4 Å². The molecule has 1 saturated carbocycles. The van der Waals surface area contributed by atoms with Crippen LogP contribution in [-0.2, 0) is 11.3 Å². The molecule has 0 spiro atoms. The number of carboxylic acid groups (broad SMARTS) is 1. The highest BCUT2D eigenvalue weighted by molar-refractivity contribution is 5.96. The largest absolute Gasteiger partial charge is 0.480 e. The molecule has 0 unspecified atom stereocenters. The van der Waals surface area contributed by atoms with E-state index in [9.17, 15) is 14.7 Å². The minimum atomic E-state index is -0.911. The third-order valence-corrected chi connectivity index (χ3v) is 5.12. The summed E-state index contributed by atoms with van der Waals surface area (Å²) in [5.41, 5.74) is 0.298. The smallest absolute Gasteiger partial charge is 0.326 e. The summed E-state index contributed by atoms with van der Waals surface area (Å²) >= 11 is 0. The zero-order valence-electron chi connectivity index (χ0n) is 12.3. The van der Waals surface area contributed by atoms with Gasteiger partial charge in [-0.3, -0.25) is 4.79 Å². The molecule has 3 aliphatic rings. The highest BCUT2D eigenvalue weighted by atomic mass is 16.5. The highest BCUT2D eigenvalue weighted by Crippen LogP contribution is 2.40. The predicted octanol–water partition coefficient (Wildman–Crippen LogP) is 1.13. The van der Waals surface area contributed by atoms with Crippen LogP contribution in [0.15, 0.2) is 6.07 Å². The quantitative estimate of drug-likeness (QED) is 0.885. The molecular formula is C15H19N3O4. The second kappa shape index (κ2) is 5.00. The van der Waals surface area contributed by atoms with Gasteiger partial charge in [0.25, 0.3) is 5.91 Å². The maximum atomic E-state index is 12.9. The molecule has 118 valence electrons. The Kier molecular flexibility index (Phi) is 3.09. The van der Waals surface area contributed by atoms with Crippen molar-refractivity contribution in [3.8, 4) is 5.88 Å². The number of carboxylic acids is 1. The first-order valence-electron chi connectivity index (χ1n) is 7.91. The maximum Gasteiger partial charge on any atom is 0.326 e. The molecule has 7 nitrogen and oxygen atoms in total. The number of hydrogen-bond acceptors (Lipinski definition) is 4. The molecule has 1 aliphatic carbocycles. The number of fused-ring (bicyclic) bond motifs is 2. The van der Waals surface area contributed by atoms with Crippen molar-refractivity contribution >= 4 is 11.9 Å². The first-order valence-corrected chi connectivity index (χ1v) is 7.91. The Hall–Kier alpha value is -2.05. The van der Waals surface area contributed by atoms with Crippen molar-refractivity contribution in [3.05, 3.63) is 11.8 Å². The third-order valence-electron chi connectivity index (χ3n) is 5.12. The monoisotopic (exact) mass is 305 g/mol. The lowest BCUT2D eigenvalue weighted by molar-refractivity contribution is -0.141. The van der Waals surface area contributed by atoms with Crippen molar-refractivity contribution in [3.63, 3.8) is 0 Å². The number of likely N-dealkylation sites (tertiary alicyclic amines) is 1. The van der Waals surface area contributed by atoms with Crippen LogP contribution in [0.4, 0.5) is 0 Å². The summed E-state index contributed by atoms with van der Waals surface area (Å²) in [6.07, 6.45) is 4.66. The molecule has 4 rings (SSSR count). The van der Waals surface area contributed by atoms with Gasteiger partial charge in [0.05, 0.1) is 6.54 Å². The zero-order valence-corrected chi connectivity index (χ0v) is 12.3. The van der Waals surface area contributed by atoms with Crippen LogP contribution in [0.1, 0.15) is 42.6 Å². The topological polar surface area (TPSA) is 84.7 Å². The molecule has 22 heavy (non-hydrogen) atoms. The standard InChI is InChI=1S/C15H19N3O4/c19-14(10-8-13-17(16-10)5-6-22-13)18-11-4-2-1-3-9(11)7-12(18)15(20)21/h8-9,11-12H,1-7H2,(H,20,21)/t9-,11-,12+/m1/s1. The van der Waals surface area contributed by atoms with E-state index >= 15 is 0 Å². The van der Waals surface area contributed by atoms with Crippen LogP contribution in [-0.4, -0.2) is 50.4 Å². The second-order valence-electron chi connectivity index (χ2n) is 6.35. The van der Waals surface area contributed by atoms with Crippen LogP contribution in [0, 0.1) is 5.92 Å². The first-order chi connectivity index (χ1) is 10.6. The van der Waals surface area contributed by atoms with E-state index in [1.54, 1.807) is 15.6 Å². The highest BCUT2D eigenvalue weighted by Gasteiger charge is 2.48. The first kappa shape index (κ1) is 13.6. The Balaban J connectivity index is 1.64. The number of carbonyl (C=O) groups excluding carboxylic acids is 1. The van der Waals surface area contributed by atoms with Gasteiger partial charge in [0.1, 0.15) is 12.6 Å². The molecule has 1 N–H and O–H groups in total. The Morgan fingerprint density at radius 3 is 2.91 bits per heavy atom. The van der Waals surface area contributed by atoms with Crippen LogP contribution in [0.3, 0.4) is 0 Å². The van der Waals surface area contributed by atoms with Crippen LogP contribution >= 0.6 is 0 Å². The van der Waals surface area contributed by atoms with E-state index in [0.29, 0.717) is 37.1 Å². The minimum absolute atomic E-state index is 0.0415. The molecule has 1 saturated heterocycles. The van der Waals surface area contributed by atoms with Crippen LogP contribution in [0.2, 0.25) is 0 Å². The van der Waals surface area contributed by atoms with Crippen LogP contribution < -0.4 is 4.74 Å². The molecule has 2 aliphatic heterocycles. The second-order valence-corrected chi connectivity index (χ2v) is 6.35. The molecule has 0 aromatic carbocycles. The van der Waals surface area contributed by atoms with Crippen molar-refractivity contribution in [2.75, 3.05) is 6.61 Å². The van der Waals surface area contributed by atoms with E-state index in [-0.39, 0.29) is 11.9 Å². The lowest BCUT2D eigenvalue weighted by Gasteiger charge is -2.32. The summed E-state index contributed by atoms with van der Waals surface area (Å²) in [4.78, 5) is 26.0. The number of carbonyl (C=O) groups is 2. The van der Waals surface area contributed by atoms with Crippen molar-refractivity contribution in [1.82, 2.24) is 14.7 Å². The van der Waals surface area contributed by atoms with Crippen molar-refractivity contribution in [2.24, 2.45) is 5.92 Å². The average molecular weight is 305 g/mol. The Labute approximate surface area is 127 Å². The van der Waals surface area contributed by atoms with Gasteiger partial charge in [0.2, 0.25) is 5.88 Å². The summed E-state index contributed by atoms with van der Waals surface area (Å²) in [6.45, 7) is 1.21. The molecule has 1 aromatic rings. The molecular weight excluding hydrogens is 286 g/mol. The molecule has 3 atom stereocenters. The van der Waals surface area contributed by atoms with Gasteiger partial charge in [0, 0.05) is 12.1 Å². The molecule has 1 amide bonds. The average Bonchev–Trinajstić information content (AvgIpc) is 3.18. The van der Waals surface area contributed by atoms with E-state index in [1.165, 1.54) is 0 Å². The number of aromatic nitrogens is 2. The molecule has 0 radical (unpaired) electrons. The molecule has 1 aromatic heterocycles. The fourth-order valence-corrected chi connectivity index (χ4v) is 4.12. The number of amides is 1. The summed E-state index contributed by atoms with van der Waals surface area (Å²) < 4.78 is 7.05. The van der Waals surface area contributed by atoms with Gasteiger partial charge in [-0.05, 0) is 25.2 Å².